The molecule has 0 fully saturated rings. The van der Waals surface area contributed by atoms with E-state index in [1.807, 2.05) is 31.4 Å². The number of carbonyl (C=O) groups excluding carboxylic acids is 1. The molecule has 0 unspecified atom stereocenters. The average Bonchev–Trinajstić information content (AvgIpc) is 3.17. The lowest BCUT2D eigenvalue weighted by Gasteiger charge is -2.21. The highest BCUT2D eigenvalue weighted by Gasteiger charge is 2.24. The number of hydrogen-bond acceptors (Lipinski definition) is 5. The molecule has 1 heterocycles. The van der Waals surface area contributed by atoms with Gasteiger partial charge in [0.2, 0.25) is 10.0 Å². The number of thiazole rings is 1. The predicted octanol–water partition coefficient (Wildman–Crippen LogP) is 4.71. The van der Waals surface area contributed by atoms with E-state index in [4.69, 9.17) is 0 Å². The van der Waals surface area contributed by atoms with E-state index in [9.17, 15) is 13.2 Å². The Kier molecular flexibility index (Phi) is 6.40. The van der Waals surface area contributed by atoms with Crippen molar-refractivity contribution in [1.82, 2.24) is 9.29 Å². The summed E-state index contributed by atoms with van der Waals surface area (Å²) in [6, 6.07) is 12.0. The first kappa shape index (κ1) is 22.1. The van der Waals surface area contributed by atoms with Crippen molar-refractivity contribution in [2.75, 3.05) is 12.4 Å². The van der Waals surface area contributed by atoms with Crippen molar-refractivity contribution < 1.29 is 13.2 Å². The van der Waals surface area contributed by atoms with Crippen LogP contribution in [0.1, 0.15) is 35.3 Å². The number of hydrogen-bond donors (Lipinski definition) is 1. The first-order valence-corrected chi connectivity index (χ1v) is 11.8. The molecule has 0 aliphatic heterocycles. The van der Waals surface area contributed by atoms with Gasteiger partial charge >= 0.3 is 0 Å². The Hall–Kier alpha value is -2.55. The molecule has 0 aliphatic carbocycles. The summed E-state index contributed by atoms with van der Waals surface area (Å²) in [6.07, 6.45) is 0. The largest absolute Gasteiger partial charge is 0.298 e. The van der Waals surface area contributed by atoms with E-state index in [0.717, 1.165) is 22.4 Å². The number of rotatable bonds is 6. The number of carbonyl (C=O) groups is 1. The Morgan fingerprint density at radius 3 is 2.57 bits per heavy atom. The average molecular weight is 444 g/mol. The molecule has 0 bridgehead atoms. The molecule has 6 nitrogen and oxygen atoms in total. The summed E-state index contributed by atoms with van der Waals surface area (Å²) in [7, 11) is -2.14. The Morgan fingerprint density at radius 2 is 1.87 bits per heavy atom. The third-order valence-electron chi connectivity index (χ3n) is 4.89. The molecule has 3 rings (SSSR count). The monoisotopic (exact) mass is 443 g/mol. The van der Waals surface area contributed by atoms with Crippen LogP contribution in [0.2, 0.25) is 0 Å². The summed E-state index contributed by atoms with van der Waals surface area (Å²) in [6.45, 7) is 7.64. The van der Waals surface area contributed by atoms with Crippen LogP contribution in [0.5, 0.6) is 0 Å². The van der Waals surface area contributed by atoms with E-state index in [0.29, 0.717) is 5.13 Å². The van der Waals surface area contributed by atoms with Crippen LogP contribution in [0.15, 0.2) is 52.7 Å². The highest BCUT2D eigenvalue weighted by Crippen LogP contribution is 2.28. The van der Waals surface area contributed by atoms with Gasteiger partial charge in [0.05, 0.1) is 10.6 Å². The molecule has 3 aromatic rings. The lowest BCUT2D eigenvalue weighted by molar-refractivity contribution is 0.102. The molecule has 8 heteroatoms. The summed E-state index contributed by atoms with van der Waals surface area (Å²) < 4.78 is 26.7. The second-order valence-corrected chi connectivity index (χ2v) is 10.3. The molecule has 1 N–H and O–H groups in total. The van der Waals surface area contributed by atoms with Crippen molar-refractivity contribution in [3.8, 4) is 11.3 Å². The molecular formula is C22H25N3O3S2. The van der Waals surface area contributed by atoms with Gasteiger partial charge in [-0.25, -0.2) is 13.4 Å². The number of sulfonamides is 1. The van der Waals surface area contributed by atoms with Crippen molar-refractivity contribution in [3.63, 3.8) is 0 Å². The number of aryl methyl sites for hydroxylation is 2. The molecule has 158 valence electrons. The van der Waals surface area contributed by atoms with E-state index >= 15 is 0 Å². The Balaban J connectivity index is 1.83. The van der Waals surface area contributed by atoms with Gasteiger partial charge in [0, 0.05) is 29.6 Å². The van der Waals surface area contributed by atoms with Gasteiger partial charge < -0.3 is 0 Å². The number of aromatic nitrogens is 1. The molecule has 1 amide bonds. The fraction of sp³-hybridized carbons (Fsp3) is 0.273. The summed E-state index contributed by atoms with van der Waals surface area (Å²) >= 11 is 1.33. The van der Waals surface area contributed by atoms with E-state index in [1.165, 1.54) is 34.8 Å². The van der Waals surface area contributed by atoms with Crippen molar-refractivity contribution in [2.45, 2.75) is 38.6 Å². The number of anilines is 1. The van der Waals surface area contributed by atoms with E-state index in [2.05, 4.69) is 16.4 Å². The standard InChI is InChI=1S/C22H25N3O3S2/c1-14(2)25(5)30(27,28)18-8-6-7-17(12-18)21(26)24-22-23-20(13-29-22)19-11-15(3)9-10-16(19)4/h6-14H,1-5H3,(H,23,24,26). The molecule has 0 saturated carbocycles. The third-order valence-corrected chi connectivity index (χ3v) is 7.68. The molecule has 1 aromatic heterocycles. The maximum atomic E-state index is 12.7. The van der Waals surface area contributed by atoms with Crippen LogP contribution in [0.25, 0.3) is 11.3 Å². The maximum Gasteiger partial charge on any atom is 0.257 e. The second kappa shape index (κ2) is 8.67. The molecule has 30 heavy (non-hydrogen) atoms. The predicted molar refractivity (Wildman–Crippen MR) is 122 cm³/mol. The summed E-state index contributed by atoms with van der Waals surface area (Å²) in [5.41, 5.74) is 4.33. The number of nitrogens with zero attached hydrogens (tertiary/aromatic N) is 2. The van der Waals surface area contributed by atoms with Crippen molar-refractivity contribution in [3.05, 3.63) is 64.5 Å². The van der Waals surface area contributed by atoms with E-state index < -0.39 is 15.9 Å². The molecular weight excluding hydrogens is 418 g/mol. The topological polar surface area (TPSA) is 79.4 Å². The maximum absolute atomic E-state index is 12.7. The van der Waals surface area contributed by atoms with E-state index in [-0.39, 0.29) is 16.5 Å². The minimum Gasteiger partial charge on any atom is -0.298 e. The van der Waals surface area contributed by atoms with Crippen LogP contribution in [-0.2, 0) is 10.0 Å². The van der Waals surface area contributed by atoms with Gasteiger partial charge in [-0.3, -0.25) is 10.1 Å². The normalized spacial score (nSPS) is 11.8. The zero-order chi connectivity index (χ0) is 22.1. The minimum atomic E-state index is -3.67. The van der Waals surface area contributed by atoms with Crippen molar-refractivity contribution >= 4 is 32.4 Å². The molecule has 2 aromatic carbocycles. The SMILES string of the molecule is Cc1ccc(C)c(-c2csc(NC(=O)c3cccc(S(=O)(=O)N(C)C(C)C)c3)n2)c1. The summed E-state index contributed by atoms with van der Waals surface area (Å²) in [5, 5.41) is 5.13. The fourth-order valence-corrected chi connectivity index (χ4v) is 5.00. The fourth-order valence-electron chi connectivity index (χ4n) is 2.88. The summed E-state index contributed by atoms with van der Waals surface area (Å²) in [4.78, 5) is 17.3. The highest BCUT2D eigenvalue weighted by atomic mass is 32.2. The van der Waals surface area contributed by atoms with Crippen LogP contribution < -0.4 is 5.32 Å². The highest BCUT2D eigenvalue weighted by molar-refractivity contribution is 7.89. The minimum absolute atomic E-state index is 0.0848. The third kappa shape index (κ3) is 4.61. The zero-order valence-corrected chi connectivity index (χ0v) is 19.3. The lowest BCUT2D eigenvalue weighted by atomic mass is 10.0. The molecule has 0 spiro atoms. The Morgan fingerprint density at radius 1 is 1.13 bits per heavy atom. The molecule has 0 saturated heterocycles. The van der Waals surface area contributed by atoms with Crippen molar-refractivity contribution in [1.29, 1.82) is 0 Å². The number of benzene rings is 2. The van der Waals surface area contributed by atoms with Gasteiger partial charge in [0.25, 0.3) is 5.91 Å². The zero-order valence-electron chi connectivity index (χ0n) is 17.6. The van der Waals surface area contributed by atoms with Crippen molar-refractivity contribution in [2.24, 2.45) is 0 Å². The van der Waals surface area contributed by atoms with Gasteiger partial charge in [0.1, 0.15) is 0 Å². The van der Waals surface area contributed by atoms with E-state index in [1.54, 1.807) is 26.0 Å². The van der Waals surface area contributed by atoms with Crippen LogP contribution in [0.3, 0.4) is 0 Å². The second-order valence-electron chi connectivity index (χ2n) is 7.45. The Bertz CT molecular complexity index is 1180. The van der Waals surface area contributed by atoms with Gasteiger partial charge in [-0.15, -0.1) is 11.3 Å². The quantitative estimate of drug-likeness (QED) is 0.598. The van der Waals surface area contributed by atoms with Crippen LogP contribution in [-0.4, -0.2) is 36.7 Å². The van der Waals surface area contributed by atoms with Gasteiger partial charge in [0.15, 0.2) is 5.13 Å². The molecule has 0 aliphatic rings. The first-order valence-electron chi connectivity index (χ1n) is 9.52. The first-order chi connectivity index (χ1) is 14.1. The van der Waals surface area contributed by atoms with Gasteiger partial charge in [-0.2, -0.15) is 4.31 Å². The molecule has 0 radical (unpaired) electrons. The smallest absolute Gasteiger partial charge is 0.257 e. The van der Waals surface area contributed by atoms with Crippen LogP contribution in [0.4, 0.5) is 5.13 Å². The van der Waals surface area contributed by atoms with Crippen LogP contribution in [0, 0.1) is 13.8 Å². The van der Waals surface area contributed by atoms with Gasteiger partial charge in [-0.1, -0.05) is 23.8 Å². The molecule has 0 atom stereocenters. The van der Waals surface area contributed by atoms with Crippen LogP contribution >= 0.6 is 11.3 Å². The lowest BCUT2D eigenvalue weighted by Crippen LogP contribution is -2.33. The number of nitrogens with one attached hydrogen (secondary N) is 1. The number of amides is 1. The Labute approximate surface area is 181 Å². The summed E-state index contributed by atoms with van der Waals surface area (Å²) in [5.74, 6) is -0.402. The van der Waals surface area contributed by atoms with Gasteiger partial charge in [-0.05, 0) is 57.5 Å².